The van der Waals surface area contributed by atoms with E-state index in [1.807, 2.05) is 62.4 Å². The molecular weight excluding hydrogens is 505 g/mol. The second kappa shape index (κ2) is 8.99. The van der Waals surface area contributed by atoms with E-state index in [0.29, 0.717) is 33.6 Å². The van der Waals surface area contributed by atoms with Gasteiger partial charge in [-0.3, -0.25) is 9.78 Å². The molecule has 0 atom stereocenters. The fourth-order valence-corrected chi connectivity index (χ4v) is 3.49. The minimum Gasteiger partial charge on any atom is -0.436 e. The maximum absolute atomic E-state index is 13.2. The molecule has 2 aromatic carbocycles. The highest BCUT2D eigenvalue weighted by Crippen LogP contribution is 2.22. The van der Waals surface area contributed by atoms with E-state index >= 15 is 0 Å². The van der Waals surface area contributed by atoms with E-state index in [2.05, 4.69) is 37.9 Å². The monoisotopic (exact) mass is 525 g/mol. The highest BCUT2D eigenvalue weighted by atomic mass is 127. The summed E-state index contributed by atoms with van der Waals surface area (Å²) in [5, 5.41) is 13.3. The zero-order chi connectivity index (χ0) is 22.0. The van der Waals surface area contributed by atoms with Crippen LogP contribution in [0.25, 0.3) is 11.0 Å². The number of nitrogens with zero attached hydrogens (tertiary/aromatic N) is 2. The Hall–Kier alpha value is -3.04. The Morgan fingerprint density at radius 2 is 1.84 bits per heavy atom. The number of hydrogen-bond donors (Lipinski definition) is 2. The van der Waals surface area contributed by atoms with Gasteiger partial charge in [0, 0.05) is 26.4 Å². The molecule has 7 heteroatoms. The zero-order valence-corrected chi connectivity index (χ0v) is 19.2. The number of aliphatic hydroxyl groups excluding tert-OH is 1. The standard InChI is InChI=1S/C24H20IN3O3/c1-14-3-7-19(8-4-14)28-24-21(23(30)27-18-9-5-17(25)6-10-18)11-20-16(13-29)12-26-15(2)22(20)31-24/h3-12,29H,13H2,1-2H3,(H,27,30). The lowest BCUT2D eigenvalue weighted by Crippen LogP contribution is -2.22. The van der Waals surface area contributed by atoms with Crippen LogP contribution in [0.5, 0.6) is 0 Å². The van der Waals surface area contributed by atoms with Gasteiger partial charge in [0.2, 0.25) is 5.55 Å². The molecule has 0 aliphatic rings. The molecule has 0 fully saturated rings. The van der Waals surface area contributed by atoms with Crippen molar-refractivity contribution in [1.29, 1.82) is 0 Å². The molecule has 0 spiro atoms. The molecule has 1 amide bonds. The van der Waals surface area contributed by atoms with Gasteiger partial charge in [-0.05, 0) is 78.9 Å². The summed E-state index contributed by atoms with van der Waals surface area (Å²) in [5.74, 6) is -0.351. The maximum Gasteiger partial charge on any atom is 0.261 e. The van der Waals surface area contributed by atoms with Crippen molar-refractivity contribution in [2.24, 2.45) is 4.99 Å². The number of fused-ring (bicyclic) bond motifs is 1. The first kappa shape index (κ1) is 21.2. The number of benzene rings is 2. The smallest absolute Gasteiger partial charge is 0.261 e. The van der Waals surface area contributed by atoms with Gasteiger partial charge >= 0.3 is 0 Å². The highest BCUT2D eigenvalue weighted by Gasteiger charge is 2.16. The Bertz CT molecular complexity index is 1330. The fourth-order valence-electron chi connectivity index (χ4n) is 3.13. The van der Waals surface area contributed by atoms with Gasteiger partial charge in [0.05, 0.1) is 18.0 Å². The van der Waals surface area contributed by atoms with E-state index < -0.39 is 0 Å². The zero-order valence-electron chi connectivity index (χ0n) is 17.0. The van der Waals surface area contributed by atoms with Gasteiger partial charge in [0.1, 0.15) is 5.56 Å². The number of aromatic nitrogens is 1. The van der Waals surface area contributed by atoms with E-state index in [-0.39, 0.29) is 23.6 Å². The molecule has 4 rings (SSSR count). The van der Waals surface area contributed by atoms with Gasteiger partial charge in [-0.2, -0.15) is 0 Å². The van der Waals surface area contributed by atoms with Crippen molar-refractivity contribution >= 4 is 50.8 Å². The van der Waals surface area contributed by atoms with Crippen LogP contribution in [0.3, 0.4) is 0 Å². The average molecular weight is 525 g/mol. The van der Waals surface area contributed by atoms with E-state index in [1.165, 1.54) is 0 Å². The van der Waals surface area contributed by atoms with Crippen molar-refractivity contribution in [1.82, 2.24) is 4.98 Å². The molecule has 4 aromatic rings. The number of nitrogens with one attached hydrogen (secondary N) is 1. The highest BCUT2D eigenvalue weighted by molar-refractivity contribution is 14.1. The molecule has 6 nitrogen and oxygen atoms in total. The van der Waals surface area contributed by atoms with Crippen LogP contribution in [0, 0.1) is 17.4 Å². The Labute approximate surface area is 192 Å². The van der Waals surface area contributed by atoms with Gasteiger partial charge in [0.25, 0.3) is 5.91 Å². The molecule has 2 aromatic heterocycles. The third-order valence-corrected chi connectivity index (χ3v) is 5.55. The molecule has 0 saturated carbocycles. The minimum absolute atomic E-state index is 0.180. The van der Waals surface area contributed by atoms with Crippen LogP contribution in [0.1, 0.15) is 27.2 Å². The van der Waals surface area contributed by atoms with Crippen molar-refractivity contribution in [2.75, 3.05) is 5.32 Å². The number of pyridine rings is 1. The number of aliphatic hydroxyl groups is 1. The van der Waals surface area contributed by atoms with Crippen molar-refractivity contribution in [3.05, 3.63) is 92.3 Å². The van der Waals surface area contributed by atoms with Crippen molar-refractivity contribution < 1.29 is 14.3 Å². The predicted octanol–water partition coefficient (Wildman–Crippen LogP) is 5.03. The van der Waals surface area contributed by atoms with Crippen LogP contribution in [-0.2, 0) is 6.61 Å². The third kappa shape index (κ3) is 4.67. The van der Waals surface area contributed by atoms with Crippen LogP contribution in [0.2, 0.25) is 0 Å². The molecule has 0 unspecified atom stereocenters. The Morgan fingerprint density at radius 3 is 2.52 bits per heavy atom. The number of hydrogen-bond acceptors (Lipinski definition) is 5. The van der Waals surface area contributed by atoms with E-state index in [1.54, 1.807) is 12.3 Å². The molecule has 2 heterocycles. The number of carbonyl (C=O) groups is 1. The summed E-state index contributed by atoms with van der Waals surface area (Å²) in [6.45, 7) is 3.59. The molecule has 0 aliphatic heterocycles. The normalized spacial score (nSPS) is 11.7. The largest absolute Gasteiger partial charge is 0.436 e. The third-order valence-electron chi connectivity index (χ3n) is 4.83. The number of aryl methyl sites for hydroxylation is 2. The molecular formula is C24H20IN3O3. The maximum atomic E-state index is 13.2. The second-order valence-electron chi connectivity index (χ2n) is 7.14. The van der Waals surface area contributed by atoms with Gasteiger partial charge in [-0.15, -0.1) is 0 Å². The quantitative estimate of drug-likeness (QED) is 0.366. The Morgan fingerprint density at radius 1 is 1.13 bits per heavy atom. The SMILES string of the molecule is Cc1ccc(N=c2oc3c(C)ncc(CO)c3cc2C(=O)Nc2ccc(I)cc2)cc1. The van der Waals surface area contributed by atoms with Crippen molar-refractivity contribution in [3.63, 3.8) is 0 Å². The lowest BCUT2D eigenvalue weighted by atomic mass is 10.1. The predicted molar refractivity (Wildman–Crippen MR) is 128 cm³/mol. The summed E-state index contributed by atoms with van der Waals surface area (Å²) < 4.78 is 7.15. The number of carbonyl (C=O) groups excluding carboxylic acids is 1. The lowest BCUT2D eigenvalue weighted by molar-refractivity contribution is 0.102. The second-order valence-corrected chi connectivity index (χ2v) is 8.39. The molecule has 0 saturated heterocycles. The number of anilines is 1. The summed E-state index contributed by atoms with van der Waals surface area (Å²) in [7, 11) is 0. The van der Waals surface area contributed by atoms with E-state index in [4.69, 9.17) is 4.42 Å². The van der Waals surface area contributed by atoms with Crippen molar-refractivity contribution in [2.45, 2.75) is 20.5 Å². The van der Waals surface area contributed by atoms with Crippen LogP contribution < -0.4 is 10.9 Å². The summed E-state index contributed by atoms with van der Waals surface area (Å²) in [6, 6.07) is 16.8. The van der Waals surface area contributed by atoms with Crippen LogP contribution >= 0.6 is 22.6 Å². The summed E-state index contributed by atoms with van der Waals surface area (Å²) in [5.41, 5.74) is 4.61. The number of halogens is 1. The number of rotatable bonds is 4. The van der Waals surface area contributed by atoms with Gasteiger partial charge in [0.15, 0.2) is 5.58 Å². The summed E-state index contributed by atoms with van der Waals surface area (Å²) in [6.07, 6.45) is 1.59. The molecule has 2 N–H and O–H groups in total. The molecule has 0 bridgehead atoms. The van der Waals surface area contributed by atoms with E-state index in [0.717, 1.165) is 9.13 Å². The minimum atomic E-state index is -0.351. The van der Waals surface area contributed by atoms with Crippen LogP contribution in [-0.4, -0.2) is 16.0 Å². The van der Waals surface area contributed by atoms with Crippen molar-refractivity contribution in [3.8, 4) is 0 Å². The lowest BCUT2D eigenvalue weighted by Gasteiger charge is -2.10. The topological polar surface area (TPSA) is 87.7 Å². The first-order valence-electron chi connectivity index (χ1n) is 9.66. The van der Waals surface area contributed by atoms with Crippen LogP contribution in [0.15, 0.2) is 70.2 Å². The van der Waals surface area contributed by atoms with Crippen LogP contribution in [0.4, 0.5) is 11.4 Å². The molecule has 156 valence electrons. The average Bonchev–Trinajstić information content (AvgIpc) is 2.77. The van der Waals surface area contributed by atoms with Gasteiger partial charge in [-0.25, -0.2) is 4.99 Å². The summed E-state index contributed by atoms with van der Waals surface area (Å²) in [4.78, 5) is 22.1. The van der Waals surface area contributed by atoms with Gasteiger partial charge < -0.3 is 14.8 Å². The fraction of sp³-hybridized carbons (Fsp3) is 0.125. The first-order chi connectivity index (χ1) is 14.9. The molecule has 31 heavy (non-hydrogen) atoms. The molecule has 0 aliphatic carbocycles. The molecule has 0 radical (unpaired) electrons. The van der Waals surface area contributed by atoms with E-state index in [9.17, 15) is 9.90 Å². The first-order valence-corrected chi connectivity index (χ1v) is 10.7. The van der Waals surface area contributed by atoms with Gasteiger partial charge in [-0.1, -0.05) is 17.7 Å². The summed E-state index contributed by atoms with van der Waals surface area (Å²) >= 11 is 2.21. The Kier molecular flexibility index (Phi) is 6.15. The number of amides is 1. The Balaban J connectivity index is 1.90.